The van der Waals surface area contributed by atoms with E-state index in [2.05, 4.69) is 42.8 Å². The molecule has 0 atom stereocenters. The van der Waals surface area contributed by atoms with E-state index >= 15 is 0 Å². The van der Waals surface area contributed by atoms with Crippen LogP contribution in [0.25, 0.3) is 5.65 Å². The summed E-state index contributed by atoms with van der Waals surface area (Å²) in [5.41, 5.74) is 3.32. The summed E-state index contributed by atoms with van der Waals surface area (Å²) in [6, 6.07) is 0. The number of aromatic nitrogens is 4. The molecule has 2 aromatic heterocycles. The maximum atomic E-state index is 4.82. The fourth-order valence-electron chi connectivity index (χ4n) is 2.72. The number of fused-ring (bicyclic) bond motifs is 1. The maximum Gasteiger partial charge on any atom is 0.181 e. The minimum absolute atomic E-state index is 0.330. The molecule has 0 aromatic carbocycles. The Balaban J connectivity index is 2.22. The quantitative estimate of drug-likeness (QED) is 0.831. The summed E-state index contributed by atoms with van der Waals surface area (Å²) in [6.45, 7) is 10.7. The van der Waals surface area contributed by atoms with Gasteiger partial charge in [-0.15, -0.1) is 15.3 Å². The van der Waals surface area contributed by atoms with Crippen LogP contribution in [0.4, 0.5) is 5.82 Å². The number of rotatable bonds is 2. The molecule has 1 saturated heterocycles. The second-order valence-corrected chi connectivity index (χ2v) is 5.72. The van der Waals surface area contributed by atoms with Crippen LogP contribution in [0.15, 0.2) is 0 Å². The van der Waals surface area contributed by atoms with Crippen LogP contribution in [0.1, 0.15) is 49.6 Å². The van der Waals surface area contributed by atoms with Crippen molar-refractivity contribution in [2.45, 2.75) is 46.5 Å². The summed E-state index contributed by atoms with van der Waals surface area (Å²) < 4.78 is 1.93. The minimum atomic E-state index is 0.330. The molecule has 0 aliphatic carbocycles. The van der Waals surface area contributed by atoms with Crippen molar-refractivity contribution in [1.82, 2.24) is 19.8 Å². The number of aryl methyl sites for hydroxylation is 1. The molecule has 3 heterocycles. The molecule has 0 unspecified atom stereocenters. The smallest absolute Gasteiger partial charge is 0.181 e. The van der Waals surface area contributed by atoms with Gasteiger partial charge in [0, 0.05) is 30.1 Å². The average molecular weight is 259 g/mol. The standard InChI is InChI=1S/C14H21N5/c1-9(2)12-15-16-13-10(3)11(4)14(17-19(12)13)18-7-5-6-8-18/h9H,5-8H2,1-4H3. The van der Waals surface area contributed by atoms with E-state index in [0.29, 0.717) is 5.92 Å². The molecule has 3 rings (SSSR count). The predicted octanol–water partition coefficient (Wildman–Crippen LogP) is 2.46. The van der Waals surface area contributed by atoms with E-state index in [9.17, 15) is 0 Å². The third kappa shape index (κ3) is 1.88. The first-order valence-corrected chi connectivity index (χ1v) is 7.07. The summed E-state index contributed by atoms with van der Waals surface area (Å²) >= 11 is 0. The lowest BCUT2D eigenvalue weighted by molar-refractivity contribution is 0.713. The molecule has 102 valence electrons. The van der Waals surface area contributed by atoms with Gasteiger partial charge in [0.05, 0.1) is 0 Å². The highest BCUT2D eigenvalue weighted by atomic mass is 15.4. The van der Waals surface area contributed by atoms with Gasteiger partial charge in [-0.1, -0.05) is 13.8 Å². The van der Waals surface area contributed by atoms with E-state index in [4.69, 9.17) is 5.10 Å². The lowest BCUT2D eigenvalue weighted by Crippen LogP contribution is -2.22. The zero-order chi connectivity index (χ0) is 13.6. The largest absolute Gasteiger partial charge is 0.355 e. The molecule has 0 radical (unpaired) electrons. The third-order valence-electron chi connectivity index (χ3n) is 4.01. The second kappa shape index (κ2) is 4.47. The topological polar surface area (TPSA) is 46.3 Å². The SMILES string of the molecule is Cc1c(N2CCCC2)nn2c(C(C)C)nnc2c1C. The molecule has 19 heavy (non-hydrogen) atoms. The molecular weight excluding hydrogens is 238 g/mol. The van der Waals surface area contributed by atoms with Gasteiger partial charge in [-0.3, -0.25) is 0 Å². The van der Waals surface area contributed by atoms with Crippen molar-refractivity contribution in [2.24, 2.45) is 0 Å². The van der Waals surface area contributed by atoms with Crippen molar-refractivity contribution in [1.29, 1.82) is 0 Å². The lowest BCUT2D eigenvalue weighted by atomic mass is 10.1. The molecule has 0 bridgehead atoms. The van der Waals surface area contributed by atoms with Gasteiger partial charge in [-0.2, -0.15) is 4.52 Å². The average Bonchev–Trinajstić information content (AvgIpc) is 3.01. The van der Waals surface area contributed by atoms with E-state index in [1.165, 1.54) is 24.0 Å². The Hall–Kier alpha value is -1.65. The molecule has 5 heteroatoms. The Morgan fingerprint density at radius 1 is 1.00 bits per heavy atom. The van der Waals surface area contributed by atoms with Crippen molar-refractivity contribution in [3.8, 4) is 0 Å². The van der Waals surface area contributed by atoms with Gasteiger partial charge in [0.2, 0.25) is 0 Å². The van der Waals surface area contributed by atoms with Crippen LogP contribution in [-0.2, 0) is 0 Å². The molecule has 0 amide bonds. The van der Waals surface area contributed by atoms with E-state index in [0.717, 1.165) is 30.4 Å². The Labute approximate surface area is 113 Å². The highest BCUT2D eigenvalue weighted by Gasteiger charge is 2.21. The van der Waals surface area contributed by atoms with Gasteiger partial charge in [0.25, 0.3) is 0 Å². The molecule has 5 nitrogen and oxygen atoms in total. The zero-order valence-corrected chi connectivity index (χ0v) is 12.1. The lowest BCUT2D eigenvalue weighted by Gasteiger charge is -2.20. The van der Waals surface area contributed by atoms with Crippen molar-refractivity contribution < 1.29 is 0 Å². The summed E-state index contributed by atoms with van der Waals surface area (Å²) in [4.78, 5) is 2.38. The Morgan fingerprint density at radius 2 is 1.68 bits per heavy atom. The monoisotopic (exact) mass is 259 g/mol. The van der Waals surface area contributed by atoms with E-state index in [1.54, 1.807) is 0 Å². The minimum Gasteiger partial charge on any atom is -0.355 e. The van der Waals surface area contributed by atoms with Crippen LogP contribution >= 0.6 is 0 Å². The fraction of sp³-hybridized carbons (Fsp3) is 0.643. The zero-order valence-electron chi connectivity index (χ0n) is 12.1. The van der Waals surface area contributed by atoms with Crippen molar-refractivity contribution in [3.63, 3.8) is 0 Å². The second-order valence-electron chi connectivity index (χ2n) is 5.72. The molecule has 2 aromatic rings. The van der Waals surface area contributed by atoms with Gasteiger partial charge in [0.1, 0.15) is 0 Å². The predicted molar refractivity (Wildman–Crippen MR) is 75.8 cm³/mol. The molecule has 1 fully saturated rings. The van der Waals surface area contributed by atoms with Gasteiger partial charge in [0.15, 0.2) is 17.3 Å². The maximum absolute atomic E-state index is 4.82. The highest BCUT2D eigenvalue weighted by molar-refractivity contribution is 5.59. The first kappa shape index (κ1) is 12.4. The van der Waals surface area contributed by atoms with Crippen molar-refractivity contribution in [3.05, 3.63) is 17.0 Å². The van der Waals surface area contributed by atoms with Crippen LogP contribution in [0.2, 0.25) is 0 Å². The van der Waals surface area contributed by atoms with Gasteiger partial charge in [-0.25, -0.2) is 0 Å². The Kier molecular flexibility index (Phi) is 2.92. The first-order valence-electron chi connectivity index (χ1n) is 7.07. The molecule has 1 aliphatic heterocycles. The van der Waals surface area contributed by atoms with Crippen molar-refractivity contribution >= 4 is 11.5 Å². The molecule has 1 aliphatic rings. The summed E-state index contributed by atoms with van der Waals surface area (Å²) in [5.74, 6) is 2.37. The van der Waals surface area contributed by atoms with E-state index in [-0.39, 0.29) is 0 Å². The summed E-state index contributed by atoms with van der Waals surface area (Å²) in [6.07, 6.45) is 2.52. The van der Waals surface area contributed by atoms with Crippen LogP contribution in [-0.4, -0.2) is 32.9 Å². The first-order chi connectivity index (χ1) is 9.09. The van der Waals surface area contributed by atoms with Crippen LogP contribution in [0.3, 0.4) is 0 Å². The van der Waals surface area contributed by atoms with Gasteiger partial charge < -0.3 is 4.90 Å². The molecule has 0 spiro atoms. The Bertz CT molecular complexity index is 608. The number of hydrogen-bond donors (Lipinski definition) is 0. The Morgan fingerprint density at radius 3 is 2.32 bits per heavy atom. The van der Waals surface area contributed by atoms with E-state index in [1.807, 2.05) is 4.52 Å². The summed E-state index contributed by atoms with van der Waals surface area (Å²) in [7, 11) is 0. The number of anilines is 1. The summed E-state index contributed by atoms with van der Waals surface area (Å²) in [5, 5.41) is 13.4. The van der Waals surface area contributed by atoms with Crippen molar-refractivity contribution in [2.75, 3.05) is 18.0 Å². The normalized spacial score (nSPS) is 15.9. The van der Waals surface area contributed by atoms with Gasteiger partial charge in [-0.05, 0) is 26.7 Å². The number of hydrogen-bond acceptors (Lipinski definition) is 4. The third-order valence-corrected chi connectivity index (χ3v) is 4.01. The van der Waals surface area contributed by atoms with Crippen LogP contribution in [0.5, 0.6) is 0 Å². The van der Waals surface area contributed by atoms with Crippen LogP contribution < -0.4 is 4.90 Å². The molecular formula is C14H21N5. The fourth-order valence-corrected chi connectivity index (χ4v) is 2.72. The highest BCUT2D eigenvalue weighted by Crippen LogP contribution is 2.27. The van der Waals surface area contributed by atoms with E-state index < -0.39 is 0 Å². The number of nitrogens with zero attached hydrogens (tertiary/aromatic N) is 5. The molecule has 0 saturated carbocycles. The van der Waals surface area contributed by atoms with Gasteiger partial charge >= 0.3 is 0 Å². The molecule has 0 N–H and O–H groups in total. The van der Waals surface area contributed by atoms with Crippen LogP contribution in [0, 0.1) is 13.8 Å².